The Morgan fingerprint density at radius 1 is 1.46 bits per heavy atom. The molecule has 1 unspecified atom stereocenters. The molecule has 0 heterocycles. The molecule has 0 aliphatic carbocycles. The number of benzene rings is 1. The monoisotopic (exact) mass is 196 g/mol. The first-order chi connectivity index (χ1) is 6.13. The molecule has 0 fully saturated rings. The zero-order chi connectivity index (χ0) is 9.84. The minimum absolute atomic E-state index is 0.339. The Hall–Kier alpha value is -0.930. The van der Waals surface area contributed by atoms with E-state index in [9.17, 15) is 4.21 Å². The van der Waals surface area contributed by atoms with Gasteiger partial charge in [-0.1, -0.05) is 24.8 Å². The predicted octanol–water partition coefficient (Wildman–Crippen LogP) is 1.69. The number of rotatable bonds is 3. The zero-order valence-electron chi connectivity index (χ0n) is 7.43. The van der Waals surface area contributed by atoms with Crippen LogP contribution in [0.25, 0.3) is 0 Å². The second kappa shape index (κ2) is 4.35. The number of aliphatic hydroxyl groups is 1. The zero-order valence-corrected chi connectivity index (χ0v) is 8.25. The molecule has 0 aromatic heterocycles. The molecule has 1 aromatic carbocycles. The van der Waals surface area contributed by atoms with Crippen LogP contribution in [-0.4, -0.2) is 15.4 Å². The lowest BCUT2D eigenvalue weighted by atomic mass is 10.4. The Labute approximate surface area is 80.4 Å². The lowest BCUT2D eigenvalue weighted by molar-refractivity contribution is 0.240. The summed E-state index contributed by atoms with van der Waals surface area (Å²) >= 11 is 0. The molecule has 0 saturated heterocycles. The fourth-order valence-electron chi connectivity index (χ4n) is 0.850. The van der Waals surface area contributed by atoms with Crippen LogP contribution in [-0.2, 0) is 10.8 Å². The highest BCUT2D eigenvalue weighted by Gasteiger charge is 2.11. The normalized spacial score (nSPS) is 14.9. The van der Waals surface area contributed by atoms with Crippen molar-refractivity contribution in [1.29, 1.82) is 0 Å². The van der Waals surface area contributed by atoms with Crippen molar-refractivity contribution in [1.82, 2.24) is 0 Å². The van der Waals surface area contributed by atoms with Crippen LogP contribution in [0.2, 0.25) is 0 Å². The van der Waals surface area contributed by atoms with Crippen molar-refractivity contribution in [3.63, 3.8) is 0 Å². The molecular weight excluding hydrogens is 184 g/mol. The molecule has 13 heavy (non-hydrogen) atoms. The van der Waals surface area contributed by atoms with Gasteiger partial charge in [-0.3, -0.25) is 0 Å². The SMILES string of the molecule is C=C([C@@H](C)O)S(=O)c1ccccc1. The third-order valence-corrected chi connectivity index (χ3v) is 3.18. The van der Waals surface area contributed by atoms with Crippen molar-refractivity contribution in [2.24, 2.45) is 0 Å². The Balaban J connectivity index is 2.87. The minimum Gasteiger partial charge on any atom is -0.388 e. The number of hydrogen-bond donors (Lipinski definition) is 1. The summed E-state index contributed by atoms with van der Waals surface area (Å²) in [6, 6.07) is 8.98. The van der Waals surface area contributed by atoms with Crippen LogP contribution in [0.5, 0.6) is 0 Å². The van der Waals surface area contributed by atoms with E-state index in [0.717, 1.165) is 0 Å². The Kier molecular flexibility index (Phi) is 3.39. The summed E-state index contributed by atoms with van der Waals surface area (Å²) in [5.41, 5.74) is 0. The molecule has 1 aromatic rings. The maximum absolute atomic E-state index is 11.6. The maximum atomic E-state index is 11.6. The first-order valence-corrected chi connectivity index (χ1v) is 5.11. The van der Waals surface area contributed by atoms with E-state index >= 15 is 0 Å². The summed E-state index contributed by atoms with van der Waals surface area (Å²) in [5.74, 6) is 0. The van der Waals surface area contributed by atoms with Crippen LogP contribution >= 0.6 is 0 Å². The number of hydrogen-bond acceptors (Lipinski definition) is 2. The molecule has 0 spiro atoms. The van der Waals surface area contributed by atoms with Crippen molar-refractivity contribution < 1.29 is 9.32 Å². The standard InChI is InChI=1S/C10H12O2S/c1-8(11)9(2)13(12)10-6-4-3-5-7-10/h3-8,11H,2H2,1H3/t8-,13?/m1/s1. The van der Waals surface area contributed by atoms with Crippen LogP contribution < -0.4 is 0 Å². The van der Waals surface area contributed by atoms with E-state index in [2.05, 4.69) is 6.58 Å². The van der Waals surface area contributed by atoms with Crippen molar-refractivity contribution in [2.45, 2.75) is 17.9 Å². The first-order valence-electron chi connectivity index (χ1n) is 3.96. The van der Waals surface area contributed by atoms with Gasteiger partial charge in [0.05, 0.1) is 16.9 Å². The quantitative estimate of drug-likeness (QED) is 0.798. The Bertz CT molecular complexity index is 317. The van der Waals surface area contributed by atoms with Gasteiger partial charge in [-0.05, 0) is 19.1 Å². The van der Waals surface area contributed by atoms with E-state index in [1.807, 2.05) is 18.2 Å². The largest absolute Gasteiger partial charge is 0.388 e. The van der Waals surface area contributed by atoms with Gasteiger partial charge in [0.25, 0.3) is 0 Å². The molecule has 0 bridgehead atoms. The predicted molar refractivity (Wildman–Crippen MR) is 53.7 cm³/mol. The summed E-state index contributed by atoms with van der Waals surface area (Å²) in [6.45, 7) is 5.14. The Morgan fingerprint density at radius 2 is 2.00 bits per heavy atom. The summed E-state index contributed by atoms with van der Waals surface area (Å²) in [7, 11) is -1.30. The molecule has 0 saturated carbocycles. The van der Waals surface area contributed by atoms with Crippen molar-refractivity contribution >= 4 is 10.8 Å². The van der Waals surface area contributed by atoms with Gasteiger partial charge in [-0.25, -0.2) is 4.21 Å². The van der Waals surface area contributed by atoms with E-state index in [0.29, 0.717) is 9.80 Å². The third-order valence-electron chi connectivity index (χ3n) is 1.66. The highest BCUT2D eigenvalue weighted by atomic mass is 32.2. The maximum Gasteiger partial charge on any atom is 0.0843 e. The molecule has 3 heteroatoms. The van der Waals surface area contributed by atoms with Gasteiger partial charge in [0.2, 0.25) is 0 Å². The average Bonchev–Trinajstić information content (AvgIpc) is 2.17. The Morgan fingerprint density at radius 3 is 2.46 bits per heavy atom. The summed E-state index contributed by atoms with van der Waals surface area (Å²) in [6.07, 6.45) is -0.735. The van der Waals surface area contributed by atoms with Crippen LogP contribution in [0.15, 0.2) is 46.7 Å². The highest BCUT2D eigenvalue weighted by Crippen LogP contribution is 2.14. The summed E-state index contributed by atoms with van der Waals surface area (Å²) in [5, 5.41) is 9.16. The third kappa shape index (κ3) is 2.50. The van der Waals surface area contributed by atoms with Crippen molar-refractivity contribution in [2.75, 3.05) is 0 Å². The van der Waals surface area contributed by atoms with Crippen LogP contribution in [0.4, 0.5) is 0 Å². The lowest BCUT2D eigenvalue weighted by Gasteiger charge is -2.07. The smallest absolute Gasteiger partial charge is 0.0843 e. The molecule has 1 N–H and O–H groups in total. The second-order valence-corrected chi connectivity index (χ2v) is 4.26. The first kappa shape index (κ1) is 10.2. The molecular formula is C10H12O2S. The molecule has 1 rings (SSSR count). The molecule has 0 radical (unpaired) electrons. The molecule has 2 atom stereocenters. The van der Waals surface area contributed by atoms with E-state index < -0.39 is 16.9 Å². The van der Waals surface area contributed by atoms with Crippen LogP contribution in [0.3, 0.4) is 0 Å². The number of aliphatic hydroxyl groups excluding tert-OH is 1. The van der Waals surface area contributed by atoms with Gasteiger partial charge in [-0.2, -0.15) is 0 Å². The van der Waals surface area contributed by atoms with Gasteiger partial charge in [0.1, 0.15) is 0 Å². The summed E-state index contributed by atoms with van der Waals surface area (Å²) < 4.78 is 11.6. The highest BCUT2D eigenvalue weighted by molar-refractivity contribution is 7.89. The van der Waals surface area contributed by atoms with Crippen LogP contribution in [0.1, 0.15) is 6.92 Å². The van der Waals surface area contributed by atoms with E-state index in [1.165, 1.54) is 0 Å². The lowest BCUT2D eigenvalue weighted by Crippen LogP contribution is -2.08. The van der Waals surface area contributed by atoms with Gasteiger partial charge in [0, 0.05) is 9.80 Å². The second-order valence-electron chi connectivity index (χ2n) is 2.72. The van der Waals surface area contributed by atoms with E-state index in [-0.39, 0.29) is 0 Å². The van der Waals surface area contributed by atoms with Crippen molar-refractivity contribution in [3.8, 4) is 0 Å². The minimum atomic E-state index is -1.30. The van der Waals surface area contributed by atoms with Crippen molar-refractivity contribution in [3.05, 3.63) is 41.8 Å². The van der Waals surface area contributed by atoms with E-state index in [1.54, 1.807) is 19.1 Å². The van der Waals surface area contributed by atoms with Gasteiger partial charge in [0.15, 0.2) is 0 Å². The fourth-order valence-corrected chi connectivity index (χ4v) is 1.87. The van der Waals surface area contributed by atoms with Gasteiger partial charge in [-0.15, -0.1) is 0 Å². The molecule has 0 amide bonds. The van der Waals surface area contributed by atoms with Gasteiger partial charge >= 0.3 is 0 Å². The molecule has 70 valence electrons. The van der Waals surface area contributed by atoms with Crippen LogP contribution in [0, 0.1) is 0 Å². The summed E-state index contributed by atoms with van der Waals surface area (Å²) in [4.78, 5) is 1.01. The average molecular weight is 196 g/mol. The molecule has 0 aliphatic heterocycles. The topological polar surface area (TPSA) is 37.3 Å². The van der Waals surface area contributed by atoms with E-state index in [4.69, 9.17) is 5.11 Å². The van der Waals surface area contributed by atoms with Gasteiger partial charge < -0.3 is 5.11 Å². The molecule has 0 aliphatic rings. The molecule has 2 nitrogen and oxygen atoms in total. The fraction of sp³-hybridized carbons (Fsp3) is 0.200.